The van der Waals surface area contributed by atoms with Crippen molar-refractivity contribution in [2.45, 2.75) is 25.2 Å². The monoisotopic (exact) mass is 322 g/mol. The number of nitrogens with two attached hydrogens (primary N) is 1. The average Bonchev–Trinajstić information content (AvgIpc) is 2.62. The Morgan fingerprint density at radius 3 is 2.25 bits per heavy atom. The van der Waals surface area contributed by atoms with E-state index in [2.05, 4.69) is 19.1 Å². The first-order valence-corrected chi connectivity index (χ1v) is 8.24. The summed E-state index contributed by atoms with van der Waals surface area (Å²) in [6.45, 7) is 3.68. The second kappa shape index (κ2) is 6.48. The fourth-order valence-electron chi connectivity index (χ4n) is 3.45. The number of rotatable bonds is 3. The van der Waals surface area contributed by atoms with Gasteiger partial charge in [-0.15, -0.1) is 0 Å². The highest BCUT2D eigenvalue weighted by molar-refractivity contribution is 5.97. The number of carbonyl (C=O) groups is 2. The molecule has 0 aliphatic carbocycles. The van der Waals surface area contributed by atoms with E-state index in [9.17, 15) is 9.59 Å². The quantitative estimate of drug-likeness (QED) is 0.944. The lowest BCUT2D eigenvalue weighted by atomic mass is 9.76. The van der Waals surface area contributed by atoms with Gasteiger partial charge in [-0.05, 0) is 42.7 Å². The van der Waals surface area contributed by atoms with Crippen LogP contribution in [0.4, 0.5) is 0 Å². The number of nitrogens with zero attached hydrogens (tertiary/aromatic N) is 1. The van der Waals surface area contributed by atoms with Crippen molar-refractivity contribution in [2.24, 2.45) is 5.73 Å². The minimum absolute atomic E-state index is 0.00729. The molecule has 124 valence electrons. The number of carbonyl (C=O) groups excluding carboxylic acids is 2. The van der Waals surface area contributed by atoms with E-state index >= 15 is 0 Å². The lowest BCUT2D eigenvalue weighted by Crippen LogP contribution is -2.47. The van der Waals surface area contributed by atoms with Crippen LogP contribution in [0.25, 0.3) is 0 Å². The molecule has 0 spiro atoms. The zero-order valence-electron chi connectivity index (χ0n) is 13.9. The van der Waals surface area contributed by atoms with Gasteiger partial charge in [0.25, 0.3) is 5.91 Å². The van der Waals surface area contributed by atoms with Crippen LogP contribution in [0.1, 0.15) is 46.0 Å². The number of amides is 2. The Kier molecular flexibility index (Phi) is 4.38. The highest BCUT2D eigenvalue weighted by Crippen LogP contribution is 2.34. The maximum Gasteiger partial charge on any atom is 0.253 e. The largest absolute Gasteiger partial charge is 0.366 e. The van der Waals surface area contributed by atoms with Gasteiger partial charge in [-0.1, -0.05) is 37.3 Å². The third-order valence-electron chi connectivity index (χ3n) is 4.87. The smallest absolute Gasteiger partial charge is 0.253 e. The van der Waals surface area contributed by atoms with Crippen LogP contribution in [0.2, 0.25) is 0 Å². The van der Waals surface area contributed by atoms with E-state index < -0.39 is 5.91 Å². The molecule has 4 heteroatoms. The third-order valence-corrected chi connectivity index (χ3v) is 4.87. The summed E-state index contributed by atoms with van der Waals surface area (Å²) in [6, 6.07) is 16.9. The molecule has 2 aromatic carbocycles. The van der Waals surface area contributed by atoms with Crippen molar-refractivity contribution >= 4 is 11.8 Å². The van der Waals surface area contributed by atoms with Crippen LogP contribution >= 0.6 is 0 Å². The molecule has 1 aliphatic heterocycles. The molecule has 0 radical (unpaired) electrons. The molecule has 4 nitrogen and oxygen atoms in total. The Labute approximate surface area is 142 Å². The van der Waals surface area contributed by atoms with Crippen molar-refractivity contribution in [1.82, 2.24) is 4.90 Å². The van der Waals surface area contributed by atoms with Crippen molar-refractivity contribution in [3.63, 3.8) is 0 Å². The van der Waals surface area contributed by atoms with Crippen molar-refractivity contribution < 1.29 is 9.59 Å². The summed E-state index contributed by atoms with van der Waals surface area (Å²) in [4.78, 5) is 25.9. The van der Waals surface area contributed by atoms with E-state index in [4.69, 9.17) is 5.73 Å². The van der Waals surface area contributed by atoms with E-state index in [1.54, 1.807) is 24.3 Å². The molecule has 1 heterocycles. The molecule has 1 fully saturated rings. The van der Waals surface area contributed by atoms with Gasteiger partial charge >= 0.3 is 0 Å². The van der Waals surface area contributed by atoms with Gasteiger partial charge in [-0.3, -0.25) is 9.59 Å². The normalized spacial score (nSPS) is 20.6. The molecular formula is C20H22N2O2. The van der Waals surface area contributed by atoms with Gasteiger partial charge in [0.15, 0.2) is 0 Å². The fraction of sp³-hybridized carbons (Fsp3) is 0.300. The number of hydrogen-bond donors (Lipinski definition) is 1. The summed E-state index contributed by atoms with van der Waals surface area (Å²) in [6.07, 6.45) is 2.05. The van der Waals surface area contributed by atoms with Crippen LogP contribution in [0, 0.1) is 0 Å². The predicted octanol–water partition coefficient (Wildman–Crippen LogP) is 2.98. The standard InChI is InChI=1S/C20H22N2O2/c1-20(17-6-3-2-4-7-17)12-5-13-22(14-20)19(24)16-10-8-15(9-11-16)18(21)23/h2-4,6-11H,5,12-14H2,1H3,(H2,21,23). The lowest BCUT2D eigenvalue weighted by Gasteiger charge is -2.41. The van der Waals surface area contributed by atoms with Crippen molar-refractivity contribution in [3.8, 4) is 0 Å². The Morgan fingerprint density at radius 1 is 1.00 bits per heavy atom. The first-order chi connectivity index (χ1) is 11.5. The highest BCUT2D eigenvalue weighted by atomic mass is 16.2. The molecule has 1 saturated heterocycles. The third kappa shape index (κ3) is 3.18. The van der Waals surface area contributed by atoms with Gasteiger partial charge in [0.05, 0.1) is 0 Å². The van der Waals surface area contributed by atoms with Gasteiger partial charge < -0.3 is 10.6 Å². The van der Waals surface area contributed by atoms with Crippen molar-refractivity contribution in [2.75, 3.05) is 13.1 Å². The summed E-state index contributed by atoms with van der Waals surface area (Å²) >= 11 is 0. The van der Waals surface area contributed by atoms with E-state index in [0.717, 1.165) is 19.4 Å². The molecule has 0 aromatic heterocycles. The van der Waals surface area contributed by atoms with Crippen molar-refractivity contribution in [3.05, 3.63) is 71.3 Å². The Balaban J connectivity index is 1.79. The molecule has 0 saturated carbocycles. The van der Waals surface area contributed by atoms with Gasteiger partial charge in [0.1, 0.15) is 0 Å². The maximum absolute atomic E-state index is 12.8. The number of likely N-dealkylation sites (tertiary alicyclic amines) is 1. The SMILES string of the molecule is CC1(c2ccccc2)CCCN(C(=O)c2ccc(C(N)=O)cc2)C1. The lowest BCUT2D eigenvalue weighted by molar-refractivity contribution is 0.0650. The van der Waals surface area contributed by atoms with Crippen LogP contribution < -0.4 is 5.73 Å². The Morgan fingerprint density at radius 2 is 1.62 bits per heavy atom. The molecule has 1 atom stereocenters. The van der Waals surface area contributed by atoms with E-state index in [1.165, 1.54) is 5.56 Å². The molecule has 2 N–H and O–H groups in total. The second-order valence-electron chi connectivity index (χ2n) is 6.70. The van der Waals surface area contributed by atoms with Crippen LogP contribution in [-0.4, -0.2) is 29.8 Å². The molecule has 3 rings (SSSR count). The minimum Gasteiger partial charge on any atom is -0.366 e. The number of piperidine rings is 1. The van der Waals surface area contributed by atoms with Crippen molar-refractivity contribution in [1.29, 1.82) is 0 Å². The Bertz CT molecular complexity index is 740. The summed E-state index contributed by atoms with van der Waals surface area (Å²) in [5.74, 6) is -0.475. The first-order valence-electron chi connectivity index (χ1n) is 8.24. The molecule has 2 aromatic rings. The number of hydrogen-bond acceptors (Lipinski definition) is 2. The second-order valence-corrected chi connectivity index (χ2v) is 6.70. The number of primary amides is 1. The van der Waals surface area contributed by atoms with Crippen LogP contribution in [-0.2, 0) is 5.41 Å². The van der Waals surface area contributed by atoms with E-state index in [1.807, 2.05) is 23.1 Å². The van der Waals surface area contributed by atoms with E-state index in [0.29, 0.717) is 17.7 Å². The number of benzene rings is 2. The zero-order valence-corrected chi connectivity index (χ0v) is 13.9. The highest BCUT2D eigenvalue weighted by Gasteiger charge is 2.34. The topological polar surface area (TPSA) is 63.4 Å². The minimum atomic E-state index is -0.483. The molecule has 2 amide bonds. The molecule has 1 unspecified atom stereocenters. The molecular weight excluding hydrogens is 300 g/mol. The maximum atomic E-state index is 12.8. The van der Waals surface area contributed by atoms with Crippen LogP contribution in [0.5, 0.6) is 0 Å². The predicted molar refractivity (Wildman–Crippen MR) is 93.9 cm³/mol. The summed E-state index contributed by atoms with van der Waals surface area (Å²) in [7, 11) is 0. The molecule has 1 aliphatic rings. The van der Waals surface area contributed by atoms with Gasteiger partial charge in [-0.2, -0.15) is 0 Å². The summed E-state index contributed by atoms with van der Waals surface area (Å²) in [5, 5.41) is 0. The average molecular weight is 322 g/mol. The summed E-state index contributed by atoms with van der Waals surface area (Å²) in [5.41, 5.74) is 7.50. The first kappa shape index (κ1) is 16.2. The molecule has 24 heavy (non-hydrogen) atoms. The zero-order chi connectivity index (χ0) is 17.2. The van der Waals surface area contributed by atoms with E-state index in [-0.39, 0.29) is 11.3 Å². The van der Waals surface area contributed by atoms with Gasteiger partial charge in [-0.25, -0.2) is 0 Å². The Hall–Kier alpha value is -2.62. The summed E-state index contributed by atoms with van der Waals surface area (Å²) < 4.78 is 0. The van der Waals surface area contributed by atoms with Gasteiger partial charge in [0.2, 0.25) is 5.91 Å². The van der Waals surface area contributed by atoms with Crippen LogP contribution in [0.3, 0.4) is 0 Å². The van der Waals surface area contributed by atoms with Gasteiger partial charge in [0, 0.05) is 29.6 Å². The van der Waals surface area contributed by atoms with Crippen LogP contribution in [0.15, 0.2) is 54.6 Å². The fourth-order valence-corrected chi connectivity index (χ4v) is 3.45. The molecule has 0 bridgehead atoms.